The Kier molecular flexibility index (Phi) is 6.90. The second-order valence-corrected chi connectivity index (χ2v) is 8.23. The molecule has 154 valence electrons. The van der Waals surface area contributed by atoms with E-state index in [9.17, 15) is 9.59 Å². The van der Waals surface area contributed by atoms with Crippen molar-refractivity contribution in [1.82, 2.24) is 15.5 Å². The molecule has 2 aromatic rings. The predicted octanol–water partition coefficient (Wildman–Crippen LogP) is 5.03. The second-order valence-electron chi connectivity index (χ2n) is 7.31. The van der Waals surface area contributed by atoms with Crippen molar-refractivity contribution in [2.45, 2.75) is 46.0 Å². The van der Waals surface area contributed by atoms with Crippen molar-refractivity contribution < 1.29 is 14.1 Å². The van der Waals surface area contributed by atoms with Crippen molar-refractivity contribution in [3.8, 4) is 0 Å². The van der Waals surface area contributed by atoms with Crippen molar-refractivity contribution in [3.05, 3.63) is 63.2 Å². The van der Waals surface area contributed by atoms with Crippen LogP contribution in [0.5, 0.6) is 0 Å². The molecular weight excluding hydrogens is 434 g/mol. The number of H-pyrrole nitrogens is 1. The van der Waals surface area contributed by atoms with Crippen molar-refractivity contribution >= 4 is 27.6 Å². The van der Waals surface area contributed by atoms with Crippen LogP contribution in [0.15, 0.2) is 39.5 Å². The summed E-state index contributed by atoms with van der Waals surface area (Å²) in [6.45, 7) is 6.58. The van der Waals surface area contributed by atoms with Crippen LogP contribution in [0.2, 0.25) is 0 Å². The average molecular weight is 460 g/mol. The number of ketones is 1. The van der Waals surface area contributed by atoms with E-state index in [1.165, 1.54) is 0 Å². The molecule has 0 saturated heterocycles. The molecule has 7 heteroatoms. The summed E-state index contributed by atoms with van der Waals surface area (Å²) in [5.74, 6) is 0.511. The normalized spacial score (nSPS) is 16.2. The summed E-state index contributed by atoms with van der Waals surface area (Å²) in [5, 5.41) is 7.07. The third-order valence-corrected chi connectivity index (χ3v) is 6.01. The zero-order valence-electron chi connectivity index (χ0n) is 16.9. The molecule has 2 aromatic heterocycles. The minimum absolute atomic E-state index is 0.0190. The Morgan fingerprint density at radius 3 is 2.79 bits per heavy atom. The van der Waals surface area contributed by atoms with Crippen LogP contribution in [0.3, 0.4) is 0 Å². The van der Waals surface area contributed by atoms with Crippen molar-refractivity contribution in [2.24, 2.45) is 5.92 Å². The molecule has 1 aliphatic rings. The lowest BCUT2D eigenvalue weighted by Gasteiger charge is -2.12. The number of allylic oxidation sites excluding steroid dienone is 4. The zero-order valence-corrected chi connectivity index (χ0v) is 18.5. The molecule has 0 bridgehead atoms. The zero-order chi connectivity index (χ0) is 21.0. The number of nitrogens with one attached hydrogen (secondary N) is 2. The van der Waals surface area contributed by atoms with E-state index in [0.29, 0.717) is 40.7 Å². The van der Waals surface area contributed by atoms with Gasteiger partial charge < -0.3 is 14.8 Å². The highest BCUT2D eigenvalue weighted by Crippen LogP contribution is 2.32. The van der Waals surface area contributed by atoms with Gasteiger partial charge in [-0.05, 0) is 25.3 Å². The molecule has 0 aliphatic heterocycles. The van der Waals surface area contributed by atoms with Gasteiger partial charge in [-0.1, -0.05) is 66.0 Å². The minimum atomic E-state index is -0.205. The van der Waals surface area contributed by atoms with E-state index in [0.717, 1.165) is 23.7 Å². The lowest BCUT2D eigenvalue weighted by atomic mass is 9.91. The van der Waals surface area contributed by atoms with Gasteiger partial charge in [0.2, 0.25) is 0 Å². The van der Waals surface area contributed by atoms with Gasteiger partial charge in [0.25, 0.3) is 5.91 Å². The molecule has 29 heavy (non-hydrogen) atoms. The molecule has 1 aliphatic carbocycles. The third-order valence-electron chi connectivity index (χ3n) is 5.42. The van der Waals surface area contributed by atoms with Crippen LogP contribution in [0.25, 0.3) is 0 Å². The number of aromatic nitrogens is 2. The van der Waals surface area contributed by atoms with E-state index in [4.69, 9.17) is 4.52 Å². The van der Waals surface area contributed by atoms with Gasteiger partial charge in [-0.2, -0.15) is 0 Å². The number of carbonyl (C=O) groups excluding carboxylic acids is 2. The number of aryl methyl sites for hydroxylation is 1. The number of hydrogen-bond acceptors (Lipinski definition) is 4. The molecule has 2 heterocycles. The molecule has 3 rings (SSSR count). The van der Waals surface area contributed by atoms with Gasteiger partial charge in [-0.15, -0.1) is 0 Å². The summed E-state index contributed by atoms with van der Waals surface area (Å²) in [5.41, 5.74) is 1.89. The van der Waals surface area contributed by atoms with E-state index in [2.05, 4.69) is 45.2 Å². The predicted molar refractivity (Wildman–Crippen MR) is 115 cm³/mol. The molecular formula is C22H26BrN3O3. The van der Waals surface area contributed by atoms with Gasteiger partial charge >= 0.3 is 0 Å². The number of amides is 1. The monoisotopic (exact) mass is 459 g/mol. The topological polar surface area (TPSA) is 88.0 Å². The number of nitrogens with zero attached hydrogens (tertiary/aromatic N) is 1. The quantitative estimate of drug-likeness (QED) is 0.541. The highest BCUT2D eigenvalue weighted by atomic mass is 79.9. The molecule has 0 aromatic carbocycles. The van der Waals surface area contributed by atoms with Crippen molar-refractivity contribution in [2.75, 3.05) is 6.54 Å². The summed E-state index contributed by atoms with van der Waals surface area (Å²) < 4.78 is 6.35. The number of carbonyl (C=O) groups is 2. The molecule has 0 radical (unpaired) electrons. The summed E-state index contributed by atoms with van der Waals surface area (Å²) in [4.78, 5) is 28.5. The first-order valence-corrected chi connectivity index (χ1v) is 10.7. The molecule has 2 N–H and O–H groups in total. The standard InChI is InChI=1S/C22H26BrN3O3/c1-4-14(5-2)11-25-22(28)18-10-16(12-24-18)21(27)19-13(3)29-26-20(19)15-6-8-17(23)9-7-15/h6,8-10,12,14-15,24H,4-5,7,11H2,1-3H3,(H,25,28). The number of halogens is 1. The Hall–Kier alpha value is -2.41. The molecule has 0 fully saturated rings. The van der Waals surface area contributed by atoms with E-state index < -0.39 is 0 Å². The number of rotatable bonds is 8. The lowest BCUT2D eigenvalue weighted by Crippen LogP contribution is -2.29. The van der Waals surface area contributed by atoms with Crippen LogP contribution in [0.1, 0.15) is 76.9 Å². The number of hydrogen-bond donors (Lipinski definition) is 2. The Bertz CT molecular complexity index is 950. The van der Waals surface area contributed by atoms with E-state index >= 15 is 0 Å². The average Bonchev–Trinajstić information content (AvgIpc) is 3.36. The highest BCUT2D eigenvalue weighted by molar-refractivity contribution is 9.11. The largest absolute Gasteiger partial charge is 0.361 e. The van der Waals surface area contributed by atoms with Gasteiger partial charge in [-0.25, -0.2) is 0 Å². The Morgan fingerprint density at radius 1 is 1.38 bits per heavy atom. The maximum atomic E-state index is 13.2. The van der Waals surface area contributed by atoms with E-state index in [1.807, 2.05) is 18.2 Å². The molecule has 1 atom stereocenters. The summed E-state index contributed by atoms with van der Waals surface area (Å²) in [7, 11) is 0. The van der Waals surface area contributed by atoms with Gasteiger partial charge in [0.1, 0.15) is 17.1 Å². The molecule has 6 nitrogen and oxygen atoms in total. The SMILES string of the molecule is CCC(CC)CNC(=O)c1cc(C(=O)c2c(C3C=CC(Br)=CC3)noc2C)c[nH]1. The van der Waals surface area contributed by atoms with Crippen LogP contribution in [0.4, 0.5) is 0 Å². The second kappa shape index (κ2) is 9.39. The molecule has 1 unspecified atom stereocenters. The van der Waals surface area contributed by atoms with Gasteiger partial charge in [-0.3, -0.25) is 9.59 Å². The van der Waals surface area contributed by atoms with E-state index in [-0.39, 0.29) is 17.6 Å². The maximum Gasteiger partial charge on any atom is 0.267 e. The molecule has 1 amide bonds. The maximum absolute atomic E-state index is 13.2. The van der Waals surface area contributed by atoms with Gasteiger partial charge in [0.05, 0.1) is 5.56 Å². The smallest absolute Gasteiger partial charge is 0.267 e. The highest BCUT2D eigenvalue weighted by Gasteiger charge is 2.27. The van der Waals surface area contributed by atoms with Crippen LogP contribution in [0, 0.1) is 12.8 Å². The van der Waals surface area contributed by atoms with Gasteiger partial charge in [0, 0.05) is 28.7 Å². The molecule has 0 saturated carbocycles. The Morgan fingerprint density at radius 2 is 2.14 bits per heavy atom. The summed E-state index contributed by atoms with van der Waals surface area (Å²) >= 11 is 3.45. The fraction of sp³-hybridized carbons (Fsp3) is 0.409. The first-order valence-electron chi connectivity index (χ1n) is 9.95. The van der Waals surface area contributed by atoms with Crippen LogP contribution < -0.4 is 5.32 Å². The Labute approximate surface area is 178 Å². The fourth-order valence-electron chi connectivity index (χ4n) is 3.43. The fourth-order valence-corrected chi connectivity index (χ4v) is 3.77. The van der Waals surface area contributed by atoms with E-state index in [1.54, 1.807) is 19.2 Å². The third kappa shape index (κ3) is 4.78. The molecule has 0 spiro atoms. The van der Waals surface area contributed by atoms with Crippen molar-refractivity contribution in [3.63, 3.8) is 0 Å². The summed E-state index contributed by atoms with van der Waals surface area (Å²) in [6.07, 6.45) is 10.3. The number of aromatic amines is 1. The lowest BCUT2D eigenvalue weighted by molar-refractivity contribution is 0.0942. The van der Waals surface area contributed by atoms with Crippen LogP contribution >= 0.6 is 15.9 Å². The summed E-state index contributed by atoms with van der Waals surface area (Å²) in [6, 6.07) is 1.59. The first-order chi connectivity index (χ1) is 13.9. The minimum Gasteiger partial charge on any atom is -0.361 e. The first kappa shape index (κ1) is 21.3. The van der Waals surface area contributed by atoms with Crippen LogP contribution in [-0.2, 0) is 0 Å². The van der Waals surface area contributed by atoms with Gasteiger partial charge in [0.15, 0.2) is 5.78 Å². The Balaban J connectivity index is 1.76. The van der Waals surface area contributed by atoms with Crippen LogP contribution in [-0.4, -0.2) is 28.4 Å². The van der Waals surface area contributed by atoms with Crippen molar-refractivity contribution in [1.29, 1.82) is 0 Å².